The van der Waals surface area contributed by atoms with Crippen LogP contribution >= 0.6 is 0 Å². The Labute approximate surface area is 123 Å². The van der Waals surface area contributed by atoms with Crippen molar-refractivity contribution in [2.24, 2.45) is 0 Å². The third kappa shape index (κ3) is 3.25. The van der Waals surface area contributed by atoms with Crippen LogP contribution in [0.2, 0.25) is 0 Å². The number of fused-ring (bicyclic) bond motifs is 1. The van der Waals surface area contributed by atoms with E-state index in [1.54, 1.807) is 12.1 Å². The van der Waals surface area contributed by atoms with Gasteiger partial charge in [-0.15, -0.1) is 0 Å². The molecule has 2 N–H and O–H groups in total. The zero-order valence-corrected chi connectivity index (χ0v) is 11.9. The first kappa shape index (κ1) is 13.7. The van der Waals surface area contributed by atoms with Crippen LogP contribution in [-0.2, 0) is 6.54 Å². The molecule has 110 valence electrons. The first-order chi connectivity index (χ1) is 10.2. The molecule has 3 rings (SSSR count). The minimum Gasteiger partial charge on any atom is -0.506 e. The van der Waals surface area contributed by atoms with Gasteiger partial charge >= 0.3 is 0 Å². The zero-order valence-electron chi connectivity index (χ0n) is 11.9. The van der Waals surface area contributed by atoms with Gasteiger partial charge in [-0.2, -0.15) is 0 Å². The molecule has 1 atom stereocenters. The van der Waals surface area contributed by atoms with Gasteiger partial charge in [0.25, 0.3) is 0 Å². The highest BCUT2D eigenvalue weighted by molar-refractivity contribution is 5.40. The van der Waals surface area contributed by atoms with Crippen molar-refractivity contribution in [1.29, 1.82) is 0 Å². The summed E-state index contributed by atoms with van der Waals surface area (Å²) in [5.41, 5.74) is 1.53. The summed E-state index contributed by atoms with van der Waals surface area (Å²) >= 11 is 0. The Morgan fingerprint density at radius 1 is 1.24 bits per heavy atom. The fourth-order valence-electron chi connectivity index (χ4n) is 2.25. The van der Waals surface area contributed by atoms with Crippen molar-refractivity contribution in [2.45, 2.75) is 19.6 Å². The molecule has 1 aliphatic rings. The summed E-state index contributed by atoms with van der Waals surface area (Å²) in [5, 5.41) is 13.0. The number of nitrogens with one attached hydrogen (secondary N) is 1. The van der Waals surface area contributed by atoms with Crippen molar-refractivity contribution in [2.75, 3.05) is 13.2 Å². The Morgan fingerprint density at radius 2 is 2.05 bits per heavy atom. The average molecular weight is 286 g/mol. The van der Waals surface area contributed by atoms with Gasteiger partial charge in [-0.05, 0) is 31.2 Å². The lowest BCUT2D eigenvalue weighted by atomic mass is 10.2. The van der Waals surface area contributed by atoms with Crippen LogP contribution in [0.15, 0.2) is 36.4 Å². The maximum absolute atomic E-state index is 9.74. The Balaban J connectivity index is 1.54. The van der Waals surface area contributed by atoms with E-state index in [9.17, 15) is 5.11 Å². The molecule has 0 spiro atoms. The number of hydrogen-bond donors (Lipinski definition) is 2. The van der Waals surface area contributed by atoms with E-state index in [0.29, 0.717) is 25.4 Å². The summed E-state index contributed by atoms with van der Waals surface area (Å²) in [7, 11) is 0. The lowest BCUT2D eigenvalue weighted by Crippen LogP contribution is -2.38. The summed E-state index contributed by atoms with van der Waals surface area (Å²) in [5.74, 6) is 1.76. The first-order valence-electron chi connectivity index (χ1n) is 6.97. The Morgan fingerprint density at radius 3 is 2.90 bits per heavy atom. The van der Waals surface area contributed by atoms with Crippen molar-refractivity contribution in [1.82, 2.24) is 10.3 Å². The molecule has 0 radical (unpaired) electrons. The fraction of sp³-hybridized carbons (Fsp3) is 0.312. The number of rotatable bonds is 4. The molecule has 0 unspecified atom stereocenters. The van der Waals surface area contributed by atoms with Gasteiger partial charge in [0.15, 0.2) is 11.5 Å². The van der Waals surface area contributed by atoms with Gasteiger partial charge in [0.1, 0.15) is 18.5 Å². The quantitative estimate of drug-likeness (QED) is 0.900. The highest BCUT2D eigenvalue weighted by Crippen LogP contribution is 2.30. The van der Waals surface area contributed by atoms with Crippen molar-refractivity contribution < 1.29 is 14.6 Å². The van der Waals surface area contributed by atoms with E-state index in [1.165, 1.54) is 0 Å². The maximum Gasteiger partial charge on any atom is 0.161 e. The summed E-state index contributed by atoms with van der Waals surface area (Å²) in [6.07, 6.45) is -0.0492. The van der Waals surface area contributed by atoms with E-state index in [1.807, 2.05) is 31.2 Å². The number of aromatic nitrogens is 1. The van der Waals surface area contributed by atoms with Crippen LogP contribution in [0.4, 0.5) is 0 Å². The van der Waals surface area contributed by atoms with E-state index >= 15 is 0 Å². The molecule has 1 aromatic carbocycles. The fourth-order valence-corrected chi connectivity index (χ4v) is 2.25. The normalized spacial score (nSPS) is 16.7. The van der Waals surface area contributed by atoms with Crippen molar-refractivity contribution in [3.63, 3.8) is 0 Å². The predicted molar refractivity (Wildman–Crippen MR) is 78.7 cm³/mol. The molecule has 0 saturated heterocycles. The van der Waals surface area contributed by atoms with Gasteiger partial charge in [-0.25, -0.2) is 0 Å². The summed E-state index contributed by atoms with van der Waals surface area (Å²) in [4.78, 5) is 4.31. The smallest absolute Gasteiger partial charge is 0.161 e. The van der Waals surface area contributed by atoms with Crippen LogP contribution in [0.3, 0.4) is 0 Å². The second-order valence-corrected chi connectivity index (χ2v) is 5.05. The van der Waals surface area contributed by atoms with Crippen LogP contribution in [-0.4, -0.2) is 29.3 Å². The molecule has 1 aliphatic heterocycles. The Hall–Kier alpha value is -2.27. The average Bonchev–Trinajstić information content (AvgIpc) is 2.50. The number of para-hydroxylation sites is 2. The number of hydrogen-bond acceptors (Lipinski definition) is 5. The van der Waals surface area contributed by atoms with Gasteiger partial charge in [-0.3, -0.25) is 4.98 Å². The Kier molecular flexibility index (Phi) is 3.92. The molecule has 0 fully saturated rings. The maximum atomic E-state index is 9.74. The second-order valence-electron chi connectivity index (χ2n) is 5.05. The molecule has 0 amide bonds. The van der Waals surface area contributed by atoms with Crippen LogP contribution in [0.1, 0.15) is 11.4 Å². The van der Waals surface area contributed by atoms with Gasteiger partial charge in [0.2, 0.25) is 0 Å². The minimum absolute atomic E-state index is 0.0492. The molecule has 2 heterocycles. The monoisotopic (exact) mass is 286 g/mol. The molecule has 0 bridgehead atoms. The first-order valence-corrected chi connectivity index (χ1v) is 6.97. The number of benzene rings is 1. The standard InChI is InChI=1S/C16H18N2O3/c1-11-6-7-14(19)13(18-11)9-17-8-12-10-20-15-4-2-3-5-16(15)21-12/h2-7,12,17,19H,8-10H2,1H3/t12-/m0/s1. The zero-order chi connectivity index (χ0) is 14.7. The van der Waals surface area contributed by atoms with Crippen LogP contribution in [0.5, 0.6) is 17.2 Å². The SMILES string of the molecule is Cc1ccc(O)c(CNC[C@H]2COc3ccccc3O2)n1. The van der Waals surface area contributed by atoms with E-state index in [0.717, 1.165) is 17.2 Å². The lowest BCUT2D eigenvalue weighted by molar-refractivity contribution is 0.0901. The third-order valence-corrected chi connectivity index (χ3v) is 3.32. The van der Waals surface area contributed by atoms with E-state index < -0.39 is 0 Å². The highest BCUT2D eigenvalue weighted by atomic mass is 16.6. The molecule has 2 aromatic rings. The Bertz CT molecular complexity index is 631. The number of aryl methyl sites for hydroxylation is 1. The number of ether oxygens (including phenoxy) is 2. The molecule has 0 aliphatic carbocycles. The minimum atomic E-state index is -0.0492. The van der Waals surface area contributed by atoms with Crippen molar-refractivity contribution >= 4 is 0 Å². The van der Waals surface area contributed by atoms with E-state index in [2.05, 4.69) is 10.3 Å². The van der Waals surface area contributed by atoms with Gasteiger partial charge in [0.05, 0.1) is 5.69 Å². The van der Waals surface area contributed by atoms with Gasteiger partial charge in [-0.1, -0.05) is 12.1 Å². The molecule has 5 heteroatoms. The second kappa shape index (κ2) is 6.01. The number of nitrogens with zero attached hydrogens (tertiary/aromatic N) is 1. The van der Waals surface area contributed by atoms with Crippen LogP contribution in [0.25, 0.3) is 0 Å². The summed E-state index contributed by atoms with van der Waals surface area (Å²) in [6.45, 7) is 3.54. The third-order valence-electron chi connectivity index (χ3n) is 3.32. The molecule has 1 aromatic heterocycles. The van der Waals surface area contributed by atoms with E-state index in [-0.39, 0.29) is 11.9 Å². The van der Waals surface area contributed by atoms with Crippen LogP contribution < -0.4 is 14.8 Å². The van der Waals surface area contributed by atoms with E-state index in [4.69, 9.17) is 9.47 Å². The summed E-state index contributed by atoms with van der Waals surface area (Å²) in [6, 6.07) is 11.1. The van der Waals surface area contributed by atoms with Gasteiger partial charge in [0, 0.05) is 18.8 Å². The van der Waals surface area contributed by atoms with Crippen molar-refractivity contribution in [3.8, 4) is 17.2 Å². The largest absolute Gasteiger partial charge is 0.506 e. The van der Waals surface area contributed by atoms with Gasteiger partial charge < -0.3 is 19.9 Å². The molecular weight excluding hydrogens is 268 g/mol. The molecule has 21 heavy (non-hydrogen) atoms. The molecule has 0 saturated carbocycles. The summed E-state index contributed by atoms with van der Waals surface area (Å²) < 4.78 is 11.5. The molecular formula is C16H18N2O3. The molecule has 5 nitrogen and oxygen atoms in total. The predicted octanol–water partition coefficient (Wildman–Crippen LogP) is 2.03. The number of pyridine rings is 1. The van der Waals surface area contributed by atoms with Crippen LogP contribution in [0, 0.1) is 6.92 Å². The topological polar surface area (TPSA) is 63.6 Å². The number of aromatic hydroxyl groups is 1. The lowest BCUT2D eigenvalue weighted by Gasteiger charge is -2.26. The highest BCUT2D eigenvalue weighted by Gasteiger charge is 2.20. The van der Waals surface area contributed by atoms with Crippen molar-refractivity contribution in [3.05, 3.63) is 47.8 Å².